The van der Waals surface area contributed by atoms with Crippen LogP contribution in [-0.4, -0.2) is 30.8 Å². The Bertz CT molecular complexity index is 1110. The average Bonchev–Trinajstić information content (AvgIpc) is 3.24. The van der Waals surface area contributed by atoms with E-state index >= 15 is 0 Å². The van der Waals surface area contributed by atoms with Crippen LogP contribution in [-0.2, 0) is 4.79 Å². The predicted molar refractivity (Wildman–Crippen MR) is 122 cm³/mol. The van der Waals surface area contributed by atoms with Crippen LogP contribution in [0.5, 0.6) is 17.2 Å². The van der Waals surface area contributed by atoms with E-state index in [0.29, 0.717) is 22.8 Å². The molecule has 0 bridgehead atoms. The van der Waals surface area contributed by atoms with Crippen LogP contribution in [0.1, 0.15) is 24.8 Å². The molecule has 3 aromatic rings. The van der Waals surface area contributed by atoms with E-state index in [0.717, 1.165) is 36.2 Å². The molecule has 166 valence electrons. The van der Waals surface area contributed by atoms with Gasteiger partial charge in [-0.2, -0.15) is 0 Å². The van der Waals surface area contributed by atoms with Crippen molar-refractivity contribution in [2.75, 3.05) is 18.6 Å². The van der Waals surface area contributed by atoms with Gasteiger partial charge in [-0.3, -0.25) is 4.79 Å². The summed E-state index contributed by atoms with van der Waals surface area (Å²) in [7, 11) is 1.55. The number of methoxy groups -OCH3 is 1. The summed E-state index contributed by atoms with van der Waals surface area (Å²) in [5, 5.41) is 9.15. The Morgan fingerprint density at radius 3 is 2.56 bits per heavy atom. The highest BCUT2D eigenvalue weighted by Gasteiger charge is 2.26. The van der Waals surface area contributed by atoms with E-state index in [1.54, 1.807) is 19.2 Å². The summed E-state index contributed by atoms with van der Waals surface area (Å²) in [5.74, 6) is 0.795. The number of hydrogen-bond acceptors (Lipinski definition) is 4. The molecule has 4 rings (SSSR count). The molecule has 0 spiro atoms. The van der Waals surface area contributed by atoms with Gasteiger partial charge < -0.3 is 19.5 Å². The number of aliphatic carboxylic acids is 1. The molecule has 0 aromatic heterocycles. The fraction of sp³-hybridized carbons (Fsp3) is 0.269. The van der Waals surface area contributed by atoms with Crippen LogP contribution in [0.2, 0.25) is 0 Å². The number of rotatable bonds is 7. The van der Waals surface area contributed by atoms with Gasteiger partial charge >= 0.3 is 5.97 Å². The molecule has 1 aliphatic rings. The molecule has 0 saturated carbocycles. The summed E-state index contributed by atoms with van der Waals surface area (Å²) >= 11 is 0. The van der Waals surface area contributed by atoms with Crippen molar-refractivity contribution in [1.29, 1.82) is 0 Å². The van der Waals surface area contributed by atoms with Gasteiger partial charge in [-0.1, -0.05) is 12.1 Å². The molecule has 1 heterocycles. The van der Waals surface area contributed by atoms with Gasteiger partial charge in [0.1, 0.15) is 23.1 Å². The molecule has 0 unspecified atom stereocenters. The minimum atomic E-state index is -0.773. The Kier molecular flexibility index (Phi) is 6.30. The Hall–Kier alpha value is -3.54. The van der Waals surface area contributed by atoms with Crippen molar-refractivity contribution in [1.82, 2.24) is 0 Å². The standard InChI is InChI=1S/C26H26FNO4/c1-17-22(23-16-21(31-2)12-13-24(23)27)6-3-7-25(17)32-20-10-8-18(9-11-20)28-14-4-5-19(28)15-26(29)30/h3,6-13,16,19H,4-5,14-15H2,1-2H3,(H,29,30)/t19-/m0/s1. The van der Waals surface area contributed by atoms with Crippen LogP contribution in [0.4, 0.5) is 10.1 Å². The molecule has 1 saturated heterocycles. The number of halogens is 1. The van der Waals surface area contributed by atoms with E-state index in [1.807, 2.05) is 49.4 Å². The summed E-state index contributed by atoms with van der Waals surface area (Å²) in [4.78, 5) is 13.3. The lowest BCUT2D eigenvalue weighted by atomic mass is 9.99. The average molecular weight is 435 g/mol. The van der Waals surface area contributed by atoms with Crippen LogP contribution >= 0.6 is 0 Å². The zero-order valence-electron chi connectivity index (χ0n) is 18.2. The normalized spacial score (nSPS) is 15.6. The number of hydrogen-bond donors (Lipinski definition) is 1. The minimum absolute atomic E-state index is 0.0240. The number of carboxylic acid groups (broad SMARTS) is 1. The zero-order chi connectivity index (χ0) is 22.7. The van der Waals surface area contributed by atoms with Gasteiger partial charge in [0.2, 0.25) is 0 Å². The summed E-state index contributed by atoms with van der Waals surface area (Å²) in [6, 6.07) is 17.9. The summed E-state index contributed by atoms with van der Waals surface area (Å²) in [6.45, 7) is 2.75. The molecule has 32 heavy (non-hydrogen) atoms. The highest BCUT2D eigenvalue weighted by molar-refractivity contribution is 5.72. The molecule has 1 fully saturated rings. The lowest BCUT2D eigenvalue weighted by Crippen LogP contribution is -2.31. The third-order valence-corrected chi connectivity index (χ3v) is 5.93. The number of nitrogens with zero attached hydrogens (tertiary/aromatic N) is 1. The van der Waals surface area contributed by atoms with E-state index in [-0.39, 0.29) is 18.3 Å². The van der Waals surface area contributed by atoms with Crippen molar-refractivity contribution in [2.24, 2.45) is 0 Å². The number of benzene rings is 3. The SMILES string of the molecule is COc1ccc(F)c(-c2cccc(Oc3ccc(N4CCC[C@H]4CC(=O)O)cc3)c2C)c1. The summed E-state index contributed by atoms with van der Waals surface area (Å²) < 4.78 is 25.9. The van der Waals surface area contributed by atoms with Gasteiger partial charge in [-0.15, -0.1) is 0 Å². The Labute approximate surface area is 187 Å². The molecule has 1 atom stereocenters. The molecule has 0 amide bonds. The van der Waals surface area contributed by atoms with E-state index in [4.69, 9.17) is 14.6 Å². The molecule has 1 aliphatic heterocycles. The number of carboxylic acids is 1. The van der Waals surface area contributed by atoms with Crippen molar-refractivity contribution < 1.29 is 23.8 Å². The van der Waals surface area contributed by atoms with Crippen molar-refractivity contribution in [2.45, 2.75) is 32.2 Å². The van der Waals surface area contributed by atoms with Gasteiger partial charge in [0.25, 0.3) is 0 Å². The molecule has 0 aliphatic carbocycles. The third-order valence-electron chi connectivity index (χ3n) is 5.93. The monoisotopic (exact) mass is 435 g/mol. The maximum atomic E-state index is 14.5. The van der Waals surface area contributed by atoms with Crippen LogP contribution in [0.25, 0.3) is 11.1 Å². The molecule has 5 nitrogen and oxygen atoms in total. The first-order valence-corrected chi connectivity index (χ1v) is 10.7. The summed E-state index contributed by atoms with van der Waals surface area (Å²) in [6.07, 6.45) is 2.02. The molecular weight excluding hydrogens is 409 g/mol. The minimum Gasteiger partial charge on any atom is -0.497 e. The van der Waals surface area contributed by atoms with Gasteiger partial charge in [0.15, 0.2) is 0 Å². The van der Waals surface area contributed by atoms with E-state index in [2.05, 4.69) is 4.90 Å². The van der Waals surface area contributed by atoms with Gasteiger partial charge in [0.05, 0.1) is 13.5 Å². The predicted octanol–water partition coefficient (Wildman–Crippen LogP) is 6.05. The second-order valence-electron chi connectivity index (χ2n) is 7.96. The maximum Gasteiger partial charge on any atom is 0.305 e. The first-order chi connectivity index (χ1) is 15.5. The topological polar surface area (TPSA) is 59.0 Å². The number of anilines is 1. The fourth-order valence-electron chi connectivity index (χ4n) is 4.28. The highest BCUT2D eigenvalue weighted by atomic mass is 19.1. The zero-order valence-corrected chi connectivity index (χ0v) is 18.2. The highest BCUT2D eigenvalue weighted by Crippen LogP contribution is 2.36. The lowest BCUT2D eigenvalue weighted by Gasteiger charge is -2.26. The van der Waals surface area contributed by atoms with Crippen LogP contribution in [0.3, 0.4) is 0 Å². The van der Waals surface area contributed by atoms with Crippen LogP contribution < -0.4 is 14.4 Å². The second-order valence-corrected chi connectivity index (χ2v) is 7.96. The van der Waals surface area contributed by atoms with Crippen molar-refractivity contribution in [3.05, 3.63) is 72.0 Å². The van der Waals surface area contributed by atoms with Crippen molar-refractivity contribution in [3.8, 4) is 28.4 Å². The first kappa shape index (κ1) is 21.7. The third kappa shape index (κ3) is 4.54. The van der Waals surface area contributed by atoms with Crippen molar-refractivity contribution >= 4 is 11.7 Å². The Morgan fingerprint density at radius 1 is 1.09 bits per heavy atom. The van der Waals surface area contributed by atoms with E-state index in [9.17, 15) is 9.18 Å². The van der Waals surface area contributed by atoms with Gasteiger partial charge in [0, 0.05) is 23.8 Å². The Morgan fingerprint density at radius 2 is 1.84 bits per heavy atom. The smallest absolute Gasteiger partial charge is 0.305 e. The molecule has 6 heteroatoms. The van der Waals surface area contributed by atoms with Crippen molar-refractivity contribution in [3.63, 3.8) is 0 Å². The number of carbonyl (C=O) groups is 1. The first-order valence-electron chi connectivity index (χ1n) is 10.7. The fourth-order valence-corrected chi connectivity index (χ4v) is 4.28. The Balaban J connectivity index is 1.55. The van der Waals surface area contributed by atoms with Gasteiger partial charge in [-0.25, -0.2) is 4.39 Å². The van der Waals surface area contributed by atoms with Crippen LogP contribution in [0, 0.1) is 12.7 Å². The molecule has 1 N–H and O–H groups in total. The molecular formula is C26H26FNO4. The summed E-state index contributed by atoms with van der Waals surface area (Å²) in [5.41, 5.74) is 3.01. The quantitative estimate of drug-likeness (QED) is 0.490. The molecule has 3 aromatic carbocycles. The number of ether oxygens (including phenoxy) is 2. The van der Waals surface area contributed by atoms with Crippen LogP contribution in [0.15, 0.2) is 60.7 Å². The largest absolute Gasteiger partial charge is 0.497 e. The van der Waals surface area contributed by atoms with E-state index < -0.39 is 5.97 Å². The maximum absolute atomic E-state index is 14.5. The van der Waals surface area contributed by atoms with E-state index in [1.165, 1.54) is 6.07 Å². The lowest BCUT2D eigenvalue weighted by molar-refractivity contribution is -0.137. The molecule has 0 radical (unpaired) electrons. The second kappa shape index (κ2) is 9.30. The van der Waals surface area contributed by atoms with Gasteiger partial charge in [-0.05, 0) is 79.4 Å².